The van der Waals surface area contributed by atoms with E-state index in [4.69, 9.17) is 15.3 Å². The molecule has 0 heterocycles. The van der Waals surface area contributed by atoms with Gasteiger partial charge in [-0.05, 0) is 0 Å². The minimum absolute atomic E-state index is 0.293. The van der Waals surface area contributed by atoms with Gasteiger partial charge in [0.1, 0.15) is 0 Å². The highest BCUT2D eigenvalue weighted by Gasteiger charge is 2.42. The molecule has 0 aromatic carbocycles. The molecule has 0 fully saturated rings. The van der Waals surface area contributed by atoms with Crippen molar-refractivity contribution in [3.8, 4) is 0 Å². The van der Waals surface area contributed by atoms with Crippen LogP contribution in [0.4, 0.5) is 0 Å². The molecule has 0 rings (SSSR count). The Balaban J connectivity index is 4.76. The van der Waals surface area contributed by atoms with Crippen LogP contribution in [-0.4, -0.2) is 57.6 Å². The average molecular weight is 222 g/mol. The second-order valence-corrected chi connectivity index (χ2v) is 5.01. The second kappa shape index (κ2) is 5.23. The van der Waals surface area contributed by atoms with Gasteiger partial charge in [0.25, 0.3) is 0 Å². The predicted octanol–water partition coefficient (Wildman–Crippen LogP) is -1.28. The van der Waals surface area contributed by atoms with Crippen molar-refractivity contribution in [1.82, 2.24) is 0 Å². The van der Waals surface area contributed by atoms with Crippen molar-refractivity contribution < 1.29 is 25.5 Å². The second-order valence-electron chi connectivity index (χ2n) is 5.01. The molecule has 2 unspecified atom stereocenters. The molecule has 0 aliphatic heterocycles. The summed E-state index contributed by atoms with van der Waals surface area (Å²) in [5.74, 6) is 0. The van der Waals surface area contributed by atoms with Gasteiger partial charge in [-0.2, -0.15) is 0 Å². The summed E-state index contributed by atoms with van der Waals surface area (Å²) < 4.78 is 0. The molecule has 15 heavy (non-hydrogen) atoms. The summed E-state index contributed by atoms with van der Waals surface area (Å²) in [6, 6.07) is 0. The molecule has 5 nitrogen and oxygen atoms in total. The smallest absolute Gasteiger partial charge is 0.0902 e. The lowest BCUT2D eigenvalue weighted by molar-refractivity contribution is -0.141. The summed E-state index contributed by atoms with van der Waals surface area (Å²) in [5, 5.41) is 46.8. The molecule has 0 aromatic rings. The lowest BCUT2D eigenvalue weighted by Gasteiger charge is -2.39. The fraction of sp³-hybridized carbons (Fsp3) is 1.00. The topological polar surface area (TPSA) is 101 Å². The van der Waals surface area contributed by atoms with Crippen molar-refractivity contribution in [2.75, 3.05) is 19.8 Å². The summed E-state index contributed by atoms with van der Waals surface area (Å²) in [7, 11) is 0. The highest BCUT2D eigenvalue weighted by atomic mass is 16.3. The minimum atomic E-state index is -1.30. The van der Waals surface area contributed by atoms with E-state index in [-0.39, 0.29) is 6.61 Å². The standard InChI is InChI=1S/C10H22O5/c1-9(2,4-11)7(14)8(15)10(3,5-12)6-13/h7-8,11-15H,4-6H2,1-3H3. The van der Waals surface area contributed by atoms with Gasteiger partial charge in [0.15, 0.2) is 0 Å². The molecule has 92 valence electrons. The van der Waals surface area contributed by atoms with Crippen LogP contribution < -0.4 is 0 Å². The minimum Gasteiger partial charge on any atom is -0.396 e. The predicted molar refractivity (Wildman–Crippen MR) is 55.2 cm³/mol. The number of hydrogen-bond donors (Lipinski definition) is 5. The van der Waals surface area contributed by atoms with Crippen LogP contribution >= 0.6 is 0 Å². The van der Waals surface area contributed by atoms with E-state index < -0.39 is 36.3 Å². The molecule has 0 aliphatic carbocycles. The molecule has 0 aromatic heterocycles. The lowest BCUT2D eigenvalue weighted by Crippen LogP contribution is -2.52. The fourth-order valence-corrected chi connectivity index (χ4v) is 1.14. The zero-order valence-electron chi connectivity index (χ0n) is 9.51. The molecular weight excluding hydrogens is 200 g/mol. The van der Waals surface area contributed by atoms with Gasteiger partial charge in [-0.25, -0.2) is 0 Å². The number of aliphatic hydroxyl groups excluding tert-OH is 5. The summed E-state index contributed by atoms with van der Waals surface area (Å²) in [6.45, 7) is 3.48. The molecule has 5 heteroatoms. The van der Waals surface area contributed by atoms with E-state index in [9.17, 15) is 10.2 Å². The summed E-state index contributed by atoms with van der Waals surface area (Å²) in [6.07, 6.45) is -2.51. The molecular formula is C10H22O5. The third-order valence-electron chi connectivity index (χ3n) is 2.94. The van der Waals surface area contributed by atoms with Gasteiger partial charge in [0, 0.05) is 10.8 Å². The number of rotatable bonds is 6. The first-order valence-electron chi connectivity index (χ1n) is 4.94. The molecule has 0 spiro atoms. The molecule has 0 saturated carbocycles. The highest BCUT2D eigenvalue weighted by Crippen LogP contribution is 2.31. The van der Waals surface area contributed by atoms with Crippen LogP contribution in [0, 0.1) is 10.8 Å². The Morgan fingerprint density at radius 2 is 1.20 bits per heavy atom. The maximum absolute atomic E-state index is 9.82. The van der Waals surface area contributed by atoms with Crippen molar-refractivity contribution in [1.29, 1.82) is 0 Å². The Kier molecular flexibility index (Phi) is 5.16. The lowest BCUT2D eigenvalue weighted by atomic mass is 9.74. The molecule has 0 amide bonds. The monoisotopic (exact) mass is 222 g/mol. The van der Waals surface area contributed by atoms with Gasteiger partial charge < -0.3 is 25.5 Å². The van der Waals surface area contributed by atoms with Crippen molar-refractivity contribution >= 4 is 0 Å². The third-order valence-corrected chi connectivity index (χ3v) is 2.94. The SMILES string of the molecule is CC(C)(CO)C(O)C(O)C(C)(CO)CO. The summed E-state index contributed by atoms with van der Waals surface area (Å²) in [4.78, 5) is 0. The van der Waals surface area contributed by atoms with Crippen LogP contribution in [0.3, 0.4) is 0 Å². The Morgan fingerprint density at radius 3 is 1.47 bits per heavy atom. The first kappa shape index (κ1) is 14.8. The van der Waals surface area contributed by atoms with Crippen molar-refractivity contribution in [3.63, 3.8) is 0 Å². The van der Waals surface area contributed by atoms with E-state index in [1.165, 1.54) is 6.92 Å². The molecule has 2 atom stereocenters. The van der Waals surface area contributed by atoms with Crippen LogP contribution in [0.1, 0.15) is 20.8 Å². The summed E-state index contributed by atoms with van der Waals surface area (Å²) >= 11 is 0. The van der Waals surface area contributed by atoms with E-state index in [0.29, 0.717) is 0 Å². The summed E-state index contributed by atoms with van der Waals surface area (Å²) in [5.41, 5.74) is -2.06. The van der Waals surface area contributed by atoms with Crippen LogP contribution in [0.2, 0.25) is 0 Å². The highest BCUT2D eigenvalue weighted by molar-refractivity contribution is 4.92. The van der Waals surface area contributed by atoms with Crippen molar-refractivity contribution in [2.45, 2.75) is 33.0 Å². The van der Waals surface area contributed by atoms with Gasteiger partial charge in [-0.1, -0.05) is 20.8 Å². The van der Waals surface area contributed by atoms with Gasteiger partial charge in [0.05, 0.1) is 32.0 Å². The number of aliphatic hydroxyl groups is 5. The maximum Gasteiger partial charge on any atom is 0.0902 e. The third kappa shape index (κ3) is 3.12. The molecule has 0 radical (unpaired) electrons. The van der Waals surface area contributed by atoms with Gasteiger partial charge in [-0.3, -0.25) is 0 Å². The van der Waals surface area contributed by atoms with E-state index in [1.807, 2.05) is 0 Å². The Hall–Kier alpha value is -0.200. The van der Waals surface area contributed by atoms with E-state index in [1.54, 1.807) is 13.8 Å². The number of hydrogen-bond acceptors (Lipinski definition) is 5. The van der Waals surface area contributed by atoms with Gasteiger partial charge in [-0.15, -0.1) is 0 Å². The molecule has 0 saturated heterocycles. The Morgan fingerprint density at radius 1 is 0.800 bits per heavy atom. The van der Waals surface area contributed by atoms with Crippen LogP contribution in [0.25, 0.3) is 0 Å². The maximum atomic E-state index is 9.82. The largest absolute Gasteiger partial charge is 0.396 e. The first-order valence-corrected chi connectivity index (χ1v) is 4.94. The quantitative estimate of drug-likeness (QED) is 0.385. The Bertz CT molecular complexity index is 188. The van der Waals surface area contributed by atoms with Crippen LogP contribution in [0.5, 0.6) is 0 Å². The molecule has 0 bridgehead atoms. The van der Waals surface area contributed by atoms with Crippen molar-refractivity contribution in [2.24, 2.45) is 10.8 Å². The van der Waals surface area contributed by atoms with E-state index in [2.05, 4.69) is 0 Å². The molecule has 0 aliphatic rings. The van der Waals surface area contributed by atoms with E-state index in [0.717, 1.165) is 0 Å². The van der Waals surface area contributed by atoms with Crippen molar-refractivity contribution in [3.05, 3.63) is 0 Å². The zero-order chi connectivity index (χ0) is 12.3. The van der Waals surface area contributed by atoms with Crippen LogP contribution in [0.15, 0.2) is 0 Å². The van der Waals surface area contributed by atoms with Gasteiger partial charge >= 0.3 is 0 Å². The van der Waals surface area contributed by atoms with Crippen LogP contribution in [-0.2, 0) is 0 Å². The molecule has 5 N–H and O–H groups in total. The Labute approximate surface area is 90.0 Å². The normalized spacial score (nSPS) is 17.6. The average Bonchev–Trinajstić information content (AvgIpc) is 2.25. The zero-order valence-corrected chi connectivity index (χ0v) is 9.51. The first-order chi connectivity index (χ1) is 6.75. The fourth-order valence-electron chi connectivity index (χ4n) is 1.14. The van der Waals surface area contributed by atoms with Gasteiger partial charge in [0.2, 0.25) is 0 Å². The van der Waals surface area contributed by atoms with E-state index >= 15 is 0 Å².